The largest absolute Gasteiger partial charge is 0.439 e. The van der Waals surface area contributed by atoms with E-state index in [9.17, 15) is 0 Å². The normalized spacial score (nSPS) is 10.4. The summed E-state index contributed by atoms with van der Waals surface area (Å²) in [4.78, 5) is 8.16. The van der Waals surface area contributed by atoms with E-state index in [0.29, 0.717) is 16.9 Å². The van der Waals surface area contributed by atoms with Gasteiger partial charge in [-0.25, -0.2) is 4.98 Å². The van der Waals surface area contributed by atoms with Gasteiger partial charge in [0.05, 0.1) is 0 Å². The molecule has 0 saturated heterocycles. The molecule has 0 aliphatic heterocycles. The fourth-order valence-corrected chi connectivity index (χ4v) is 1.89. The molecule has 0 spiro atoms. The lowest BCUT2D eigenvalue weighted by Crippen LogP contribution is -1.93. The van der Waals surface area contributed by atoms with Gasteiger partial charge in [-0.2, -0.15) is 4.98 Å². The second-order valence-corrected chi connectivity index (χ2v) is 4.39. The standard InChI is InChI=1S/C13H13ClN2O/c1-8-4-9(2)6-11(5-8)17-13-7-12(14)15-10(3)16-13/h4-7H,1-3H3. The molecule has 2 aromatic rings. The number of hydrogen-bond donors (Lipinski definition) is 0. The van der Waals surface area contributed by atoms with E-state index in [1.165, 1.54) is 0 Å². The Morgan fingerprint density at radius 3 is 2.18 bits per heavy atom. The van der Waals surface area contributed by atoms with Crippen LogP contribution < -0.4 is 4.74 Å². The van der Waals surface area contributed by atoms with Crippen molar-refractivity contribution in [3.63, 3.8) is 0 Å². The van der Waals surface area contributed by atoms with E-state index in [0.717, 1.165) is 16.9 Å². The van der Waals surface area contributed by atoms with Gasteiger partial charge in [0.25, 0.3) is 0 Å². The van der Waals surface area contributed by atoms with E-state index in [2.05, 4.69) is 16.0 Å². The van der Waals surface area contributed by atoms with E-state index < -0.39 is 0 Å². The molecule has 0 radical (unpaired) electrons. The maximum Gasteiger partial charge on any atom is 0.224 e. The van der Waals surface area contributed by atoms with Crippen molar-refractivity contribution in [3.8, 4) is 11.6 Å². The molecule has 0 atom stereocenters. The molecule has 0 saturated carbocycles. The molecule has 0 amide bonds. The van der Waals surface area contributed by atoms with Crippen molar-refractivity contribution in [2.45, 2.75) is 20.8 Å². The smallest absolute Gasteiger partial charge is 0.224 e. The molecule has 3 nitrogen and oxygen atoms in total. The first-order valence-electron chi connectivity index (χ1n) is 5.30. The Morgan fingerprint density at radius 2 is 1.59 bits per heavy atom. The average molecular weight is 249 g/mol. The van der Waals surface area contributed by atoms with Gasteiger partial charge in [-0.3, -0.25) is 0 Å². The van der Waals surface area contributed by atoms with Gasteiger partial charge >= 0.3 is 0 Å². The van der Waals surface area contributed by atoms with Crippen LogP contribution >= 0.6 is 11.6 Å². The highest BCUT2D eigenvalue weighted by molar-refractivity contribution is 6.29. The lowest BCUT2D eigenvalue weighted by Gasteiger charge is -2.07. The van der Waals surface area contributed by atoms with Crippen LogP contribution in [-0.2, 0) is 0 Å². The highest BCUT2D eigenvalue weighted by Gasteiger charge is 2.03. The van der Waals surface area contributed by atoms with Crippen molar-refractivity contribution < 1.29 is 4.74 Å². The molecule has 1 aromatic heterocycles. The summed E-state index contributed by atoms with van der Waals surface area (Å²) in [7, 11) is 0. The van der Waals surface area contributed by atoms with Crippen molar-refractivity contribution in [1.82, 2.24) is 9.97 Å². The van der Waals surface area contributed by atoms with Gasteiger partial charge in [-0.05, 0) is 44.0 Å². The van der Waals surface area contributed by atoms with Crippen LogP contribution in [0.3, 0.4) is 0 Å². The summed E-state index contributed by atoms with van der Waals surface area (Å²) >= 11 is 5.85. The van der Waals surface area contributed by atoms with Gasteiger partial charge in [0.15, 0.2) is 0 Å². The van der Waals surface area contributed by atoms with E-state index in [4.69, 9.17) is 16.3 Å². The fourth-order valence-electron chi connectivity index (χ4n) is 1.67. The van der Waals surface area contributed by atoms with Crippen LogP contribution in [-0.4, -0.2) is 9.97 Å². The third-order valence-electron chi connectivity index (χ3n) is 2.20. The van der Waals surface area contributed by atoms with Crippen molar-refractivity contribution in [2.24, 2.45) is 0 Å². The lowest BCUT2D eigenvalue weighted by molar-refractivity contribution is 0.459. The zero-order chi connectivity index (χ0) is 12.4. The topological polar surface area (TPSA) is 35.0 Å². The Labute approximate surface area is 105 Å². The summed E-state index contributed by atoms with van der Waals surface area (Å²) in [5.41, 5.74) is 2.30. The van der Waals surface area contributed by atoms with Crippen LogP contribution in [0.4, 0.5) is 0 Å². The molecule has 1 heterocycles. The van der Waals surface area contributed by atoms with E-state index in [1.54, 1.807) is 13.0 Å². The minimum absolute atomic E-state index is 0.386. The Balaban J connectivity index is 2.31. The Morgan fingerprint density at radius 1 is 0.941 bits per heavy atom. The average Bonchev–Trinajstić information content (AvgIpc) is 2.13. The predicted molar refractivity (Wildman–Crippen MR) is 67.8 cm³/mol. The first kappa shape index (κ1) is 11.9. The van der Waals surface area contributed by atoms with Crippen molar-refractivity contribution in [3.05, 3.63) is 46.4 Å². The lowest BCUT2D eigenvalue weighted by atomic mass is 10.1. The van der Waals surface area contributed by atoms with Crippen molar-refractivity contribution >= 4 is 11.6 Å². The summed E-state index contributed by atoms with van der Waals surface area (Å²) in [6, 6.07) is 7.61. The van der Waals surface area contributed by atoms with Crippen LogP contribution in [0, 0.1) is 20.8 Å². The number of rotatable bonds is 2. The third kappa shape index (κ3) is 3.17. The molecule has 1 aromatic carbocycles. The molecule has 0 aliphatic carbocycles. The van der Waals surface area contributed by atoms with Crippen LogP contribution in [0.2, 0.25) is 5.15 Å². The van der Waals surface area contributed by atoms with Crippen LogP contribution in [0.1, 0.15) is 17.0 Å². The molecule has 0 unspecified atom stereocenters. The fraction of sp³-hybridized carbons (Fsp3) is 0.231. The van der Waals surface area contributed by atoms with Crippen LogP contribution in [0.25, 0.3) is 0 Å². The van der Waals surface area contributed by atoms with Gasteiger partial charge in [0.2, 0.25) is 5.88 Å². The molecular weight excluding hydrogens is 236 g/mol. The molecule has 0 aliphatic rings. The first-order valence-corrected chi connectivity index (χ1v) is 5.68. The molecule has 88 valence electrons. The number of halogens is 1. The van der Waals surface area contributed by atoms with Crippen molar-refractivity contribution in [2.75, 3.05) is 0 Å². The molecule has 0 bridgehead atoms. The second-order valence-electron chi connectivity index (χ2n) is 4.00. The maximum absolute atomic E-state index is 5.85. The minimum Gasteiger partial charge on any atom is -0.439 e. The van der Waals surface area contributed by atoms with Gasteiger partial charge < -0.3 is 4.74 Å². The summed E-state index contributed by atoms with van der Waals surface area (Å²) in [5.74, 6) is 1.82. The van der Waals surface area contributed by atoms with Crippen LogP contribution in [0.15, 0.2) is 24.3 Å². The number of benzene rings is 1. The number of aryl methyl sites for hydroxylation is 3. The van der Waals surface area contributed by atoms with E-state index in [1.807, 2.05) is 26.0 Å². The number of ether oxygens (including phenoxy) is 1. The third-order valence-corrected chi connectivity index (χ3v) is 2.39. The number of hydrogen-bond acceptors (Lipinski definition) is 3. The van der Waals surface area contributed by atoms with Crippen molar-refractivity contribution in [1.29, 1.82) is 0 Å². The van der Waals surface area contributed by atoms with Gasteiger partial charge in [-0.1, -0.05) is 17.7 Å². The SMILES string of the molecule is Cc1cc(C)cc(Oc2cc(Cl)nc(C)n2)c1. The van der Waals surface area contributed by atoms with Crippen LogP contribution in [0.5, 0.6) is 11.6 Å². The monoisotopic (exact) mass is 248 g/mol. The minimum atomic E-state index is 0.386. The quantitative estimate of drug-likeness (QED) is 0.758. The van der Waals surface area contributed by atoms with E-state index >= 15 is 0 Å². The summed E-state index contributed by atoms with van der Waals surface area (Å²) < 4.78 is 5.67. The highest BCUT2D eigenvalue weighted by atomic mass is 35.5. The summed E-state index contributed by atoms with van der Waals surface area (Å²) in [5, 5.41) is 0.386. The Bertz CT molecular complexity index is 465. The number of aromatic nitrogens is 2. The van der Waals surface area contributed by atoms with Gasteiger partial charge in [0.1, 0.15) is 16.7 Å². The van der Waals surface area contributed by atoms with Gasteiger partial charge in [0, 0.05) is 6.07 Å². The molecular formula is C13H13ClN2O. The zero-order valence-electron chi connectivity index (χ0n) is 9.99. The number of nitrogens with zero attached hydrogens (tertiary/aromatic N) is 2. The molecule has 17 heavy (non-hydrogen) atoms. The molecule has 2 rings (SSSR count). The van der Waals surface area contributed by atoms with Gasteiger partial charge in [-0.15, -0.1) is 0 Å². The summed E-state index contributed by atoms with van der Waals surface area (Å²) in [6.07, 6.45) is 0. The predicted octanol–water partition coefficient (Wildman–Crippen LogP) is 3.85. The van der Waals surface area contributed by atoms with E-state index in [-0.39, 0.29) is 0 Å². The molecule has 4 heteroatoms. The highest BCUT2D eigenvalue weighted by Crippen LogP contribution is 2.23. The zero-order valence-corrected chi connectivity index (χ0v) is 10.7. The summed E-state index contributed by atoms with van der Waals surface area (Å²) in [6.45, 7) is 5.83. The maximum atomic E-state index is 5.85. The molecule has 0 N–H and O–H groups in total. The first-order chi connectivity index (χ1) is 8.02. The Hall–Kier alpha value is -1.61. The Kier molecular flexibility index (Phi) is 3.29. The molecule has 0 fully saturated rings. The second kappa shape index (κ2) is 4.72.